The fraction of sp³-hybridized carbons (Fsp3) is 0.286. The van der Waals surface area contributed by atoms with E-state index >= 15 is 0 Å². The number of benzene rings is 2. The van der Waals surface area contributed by atoms with Crippen LogP contribution >= 0.6 is 0 Å². The van der Waals surface area contributed by atoms with E-state index in [2.05, 4.69) is 10.3 Å². The summed E-state index contributed by atoms with van der Waals surface area (Å²) in [5.41, 5.74) is -0.554. The maximum absolute atomic E-state index is 14.3. The van der Waals surface area contributed by atoms with Gasteiger partial charge in [0.2, 0.25) is 0 Å². The van der Waals surface area contributed by atoms with Crippen LogP contribution < -0.4 is 10.9 Å². The number of nitrogens with one attached hydrogen (secondary N) is 1. The highest BCUT2D eigenvalue weighted by Crippen LogP contribution is 2.20. The minimum absolute atomic E-state index is 0.0347. The van der Waals surface area contributed by atoms with Gasteiger partial charge in [-0.05, 0) is 52.0 Å². The molecule has 0 saturated carbocycles. The minimum Gasteiger partial charge on any atom is -0.444 e. The largest absolute Gasteiger partial charge is 0.444 e. The monoisotopic (exact) mass is 383 g/mol. The summed E-state index contributed by atoms with van der Waals surface area (Å²) in [5.74, 6) is -0.389. The molecular formula is C21H22FN3O3. The molecule has 6 nitrogen and oxygen atoms in total. The van der Waals surface area contributed by atoms with Crippen molar-refractivity contribution >= 4 is 17.0 Å². The van der Waals surface area contributed by atoms with Crippen LogP contribution in [0.3, 0.4) is 0 Å². The first-order chi connectivity index (χ1) is 13.2. The van der Waals surface area contributed by atoms with Crippen molar-refractivity contribution in [1.29, 1.82) is 0 Å². The van der Waals surface area contributed by atoms with E-state index in [0.29, 0.717) is 5.69 Å². The molecule has 0 unspecified atom stereocenters. The zero-order valence-corrected chi connectivity index (χ0v) is 16.2. The zero-order chi connectivity index (χ0) is 20.5. The summed E-state index contributed by atoms with van der Waals surface area (Å²) in [7, 11) is 0. The van der Waals surface area contributed by atoms with Gasteiger partial charge in [-0.15, -0.1) is 0 Å². The van der Waals surface area contributed by atoms with Crippen LogP contribution in [0.1, 0.15) is 39.6 Å². The van der Waals surface area contributed by atoms with Gasteiger partial charge in [0.05, 0.1) is 17.1 Å². The molecule has 0 radical (unpaired) electrons. The smallest absolute Gasteiger partial charge is 0.408 e. The average Bonchev–Trinajstić information content (AvgIpc) is 2.61. The molecule has 7 heteroatoms. The summed E-state index contributed by atoms with van der Waals surface area (Å²) < 4.78 is 21.0. The first-order valence-corrected chi connectivity index (χ1v) is 8.93. The van der Waals surface area contributed by atoms with Gasteiger partial charge in [-0.2, -0.15) is 0 Å². The quantitative estimate of drug-likeness (QED) is 0.739. The minimum atomic E-state index is -0.702. The predicted molar refractivity (Wildman–Crippen MR) is 105 cm³/mol. The molecule has 1 aromatic heterocycles. The van der Waals surface area contributed by atoms with Gasteiger partial charge >= 0.3 is 6.09 Å². The lowest BCUT2D eigenvalue weighted by atomic mass is 10.2. The molecule has 0 aliphatic carbocycles. The van der Waals surface area contributed by atoms with Crippen LogP contribution in [0.2, 0.25) is 0 Å². The number of alkyl carbamates (subject to hydrolysis) is 1. The highest BCUT2D eigenvalue weighted by Gasteiger charge is 2.23. The lowest BCUT2D eigenvalue weighted by Gasteiger charge is -2.23. The second-order valence-electron chi connectivity index (χ2n) is 7.45. The number of para-hydroxylation sites is 2. The lowest BCUT2D eigenvalue weighted by molar-refractivity contribution is 0.0505. The first kappa shape index (κ1) is 19.5. The number of aromatic nitrogens is 2. The Morgan fingerprint density at radius 1 is 1.14 bits per heavy atom. The van der Waals surface area contributed by atoms with Crippen LogP contribution in [0.15, 0.2) is 53.3 Å². The van der Waals surface area contributed by atoms with Gasteiger partial charge in [-0.3, -0.25) is 9.36 Å². The Morgan fingerprint density at radius 3 is 2.46 bits per heavy atom. The second-order valence-corrected chi connectivity index (χ2v) is 7.45. The van der Waals surface area contributed by atoms with Crippen molar-refractivity contribution in [1.82, 2.24) is 14.9 Å². The fourth-order valence-corrected chi connectivity index (χ4v) is 2.86. The van der Waals surface area contributed by atoms with Crippen molar-refractivity contribution in [2.45, 2.75) is 39.3 Å². The first-order valence-electron chi connectivity index (χ1n) is 8.93. The van der Waals surface area contributed by atoms with Gasteiger partial charge in [0.1, 0.15) is 22.8 Å². The summed E-state index contributed by atoms with van der Waals surface area (Å²) in [6, 6.07) is 12.4. The van der Waals surface area contributed by atoms with Crippen LogP contribution in [0.5, 0.6) is 0 Å². The van der Waals surface area contributed by atoms with Gasteiger partial charge in [-0.1, -0.05) is 24.3 Å². The SMILES string of the molecule is C[C@H](NC(=O)OC(C)(C)C)c1nc2c(F)cccc2c(=O)n1-c1ccccc1. The summed E-state index contributed by atoms with van der Waals surface area (Å²) in [4.78, 5) is 29.7. The molecule has 0 aliphatic rings. The number of fused-ring (bicyclic) bond motifs is 1. The van der Waals surface area contributed by atoms with Crippen LogP contribution in [-0.4, -0.2) is 21.2 Å². The molecule has 3 rings (SSSR count). The second kappa shape index (κ2) is 7.42. The molecule has 146 valence electrons. The van der Waals surface area contributed by atoms with Gasteiger partial charge in [0, 0.05) is 0 Å². The predicted octanol–water partition coefficient (Wildman–Crippen LogP) is 4.11. The van der Waals surface area contributed by atoms with E-state index in [9.17, 15) is 14.0 Å². The van der Waals surface area contributed by atoms with Gasteiger partial charge in [0.15, 0.2) is 0 Å². The summed E-state index contributed by atoms with van der Waals surface area (Å²) in [5, 5.41) is 2.83. The van der Waals surface area contributed by atoms with Crippen LogP contribution in [-0.2, 0) is 4.74 Å². The summed E-state index contributed by atoms with van der Waals surface area (Å²) in [6.07, 6.45) is -0.650. The van der Waals surface area contributed by atoms with E-state index in [1.54, 1.807) is 52.0 Å². The Hall–Kier alpha value is -3.22. The Bertz CT molecular complexity index is 1070. The van der Waals surface area contributed by atoms with Gasteiger partial charge in [-0.25, -0.2) is 14.2 Å². The molecule has 1 atom stereocenters. The van der Waals surface area contributed by atoms with Crippen molar-refractivity contribution in [2.75, 3.05) is 0 Å². The number of halogens is 1. The number of amides is 1. The fourth-order valence-electron chi connectivity index (χ4n) is 2.86. The number of hydrogen-bond donors (Lipinski definition) is 1. The third-order valence-corrected chi connectivity index (χ3v) is 4.01. The highest BCUT2D eigenvalue weighted by atomic mass is 19.1. The number of hydrogen-bond acceptors (Lipinski definition) is 4. The lowest BCUT2D eigenvalue weighted by Crippen LogP contribution is -2.37. The van der Waals surface area contributed by atoms with Crippen molar-refractivity contribution in [3.8, 4) is 5.69 Å². The van der Waals surface area contributed by atoms with E-state index in [1.165, 1.54) is 22.8 Å². The van der Waals surface area contributed by atoms with E-state index in [4.69, 9.17) is 4.74 Å². The molecule has 3 aromatic rings. The Balaban J connectivity index is 2.16. The highest BCUT2D eigenvalue weighted by molar-refractivity contribution is 5.78. The van der Waals surface area contributed by atoms with E-state index in [1.807, 2.05) is 6.07 Å². The Labute approximate surface area is 162 Å². The molecule has 2 aromatic carbocycles. The Kier molecular flexibility index (Phi) is 5.18. The van der Waals surface area contributed by atoms with E-state index < -0.39 is 29.1 Å². The molecule has 28 heavy (non-hydrogen) atoms. The van der Waals surface area contributed by atoms with Crippen LogP contribution in [0, 0.1) is 5.82 Å². The van der Waals surface area contributed by atoms with Gasteiger partial charge < -0.3 is 10.1 Å². The third kappa shape index (κ3) is 4.03. The number of carbonyl (C=O) groups excluding carboxylic acids is 1. The zero-order valence-electron chi connectivity index (χ0n) is 16.2. The third-order valence-electron chi connectivity index (χ3n) is 4.01. The molecule has 0 aliphatic heterocycles. The summed E-state index contributed by atoms with van der Waals surface area (Å²) in [6.45, 7) is 6.92. The van der Waals surface area contributed by atoms with Crippen molar-refractivity contribution < 1.29 is 13.9 Å². The Morgan fingerprint density at radius 2 is 1.82 bits per heavy atom. The maximum atomic E-state index is 14.3. The molecule has 0 spiro atoms. The number of nitrogens with zero attached hydrogens (tertiary/aromatic N) is 2. The normalized spacial score (nSPS) is 12.6. The van der Waals surface area contributed by atoms with Gasteiger partial charge in [0.25, 0.3) is 5.56 Å². The van der Waals surface area contributed by atoms with E-state index in [-0.39, 0.29) is 16.7 Å². The van der Waals surface area contributed by atoms with Crippen molar-refractivity contribution in [2.24, 2.45) is 0 Å². The molecular weight excluding hydrogens is 361 g/mol. The van der Waals surface area contributed by atoms with Crippen LogP contribution in [0.25, 0.3) is 16.6 Å². The topological polar surface area (TPSA) is 73.2 Å². The molecule has 1 amide bonds. The maximum Gasteiger partial charge on any atom is 0.408 e. The van der Waals surface area contributed by atoms with Crippen LogP contribution in [0.4, 0.5) is 9.18 Å². The molecule has 0 fully saturated rings. The number of ether oxygens (including phenoxy) is 1. The standard InChI is InChI=1S/C21H22FN3O3/c1-13(23-20(27)28-21(2,3)4)18-24-17-15(11-8-12-16(17)22)19(26)25(18)14-9-6-5-7-10-14/h5-13H,1-4H3,(H,23,27)/t13-/m0/s1. The number of rotatable bonds is 3. The molecule has 1 heterocycles. The molecule has 1 N–H and O–H groups in total. The van der Waals surface area contributed by atoms with E-state index in [0.717, 1.165) is 0 Å². The van der Waals surface area contributed by atoms with Crippen molar-refractivity contribution in [3.63, 3.8) is 0 Å². The molecule has 0 saturated heterocycles. The molecule has 0 bridgehead atoms. The number of carbonyl (C=O) groups is 1. The average molecular weight is 383 g/mol. The van der Waals surface area contributed by atoms with Crippen molar-refractivity contribution in [3.05, 3.63) is 70.5 Å². The summed E-state index contributed by atoms with van der Waals surface area (Å²) >= 11 is 0.